The van der Waals surface area contributed by atoms with Crippen molar-refractivity contribution in [2.24, 2.45) is 5.92 Å². The fourth-order valence-corrected chi connectivity index (χ4v) is 5.44. The molecule has 1 N–H and O–H groups in total. The van der Waals surface area contributed by atoms with Crippen LogP contribution in [0.1, 0.15) is 5.69 Å². The van der Waals surface area contributed by atoms with Gasteiger partial charge < -0.3 is 9.64 Å². The molecule has 1 amide bonds. The summed E-state index contributed by atoms with van der Waals surface area (Å²) in [6.07, 6.45) is 2.84. The van der Waals surface area contributed by atoms with E-state index in [1.807, 2.05) is 15.4 Å². The highest BCUT2D eigenvalue weighted by atomic mass is 35.5. The molecule has 1 aromatic carbocycles. The molecule has 0 aliphatic carbocycles. The minimum atomic E-state index is -3.44. The third-order valence-corrected chi connectivity index (χ3v) is 7.41. The van der Waals surface area contributed by atoms with Crippen LogP contribution in [-0.2, 0) is 26.1 Å². The Morgan fingerprint density at radius 2 is 1.89 bits per heavy atom. The number of anilines is 1. The highest BCUT2D eigenvalue weighted by molar-refractivity contribution is 7.92. The first-order chi connectivity index (χ1) is 16.7. The smallest absolute Gasteiger partial charge is 0.230 e. The van der Waals surface area contributed by atoms with E-state index in [-0.39, 0.29) is 11.8 Å². The summed E-state index contributed by atoms with van der Waals surface area (Å²) in [6.45, 7) is 4.27. The normalized spacial score (nSPS) is 17.5. The van der Waals surface area contributed by atoms with E-state index in [1.165, 1.54) is 0 Å². The molecule has 186 valence electrons. The molecule has 0 bridgehead atoms. The van der Waals surface area contributed by atoms with Gasteiger partial charge in [0.2, 0.25) is 15.9 Å². The summed E-state index contributed by atoms with van der Waals surface area (Å²) < 4.78 is 33.1. The summed E-state index contributed by atoms with van der Waals surface area (Å²) in [5, 5.41) is 1.01. The van der Waals surface area contributed by atoms with Gasteiger partial charge in [-0.15, -0.1) is 0 Å². The van der Waals surface area contributed by atoms with Gasteiger partial charge in [-0.2, -0.15) is 0 Å². The average Bonchev–Trinajstić information content (AvgIpc) is 3.09. The maximum Gasteiger partial charge on any atom is 0.230 e. The third-order valence-electron chi connectivity index (χ3n) is 6.25. The number of ether oxygens (including phenoxy) is 1. The number of carbonyl (C=O) groups excluding carboxylic acids is 1. The Morgan fingerprint density at radius 3 is 2.51 bits per heavy atom. The van der Waals surface area contributed by atoms with Crippen LogP contribution in [0.4, 0.5) is 5.69 Å². The van der Waals surface area contributed by atoms with E-state index in [0.717, 1.165) is 17.5 Å². The first kappa shape index (κ1) is 24.3. The Balaban J connectivity index is 1.46. The van der Waals surface area contributed by atoms with Crippen molar-refractivity contribution >= 4 is 50.5 Å². The van der Waals surface area contributed by atoms with Crippen LogP contribution in [0.5, 0.6) is 0 Å². The number of hydrogen-bond donors (Lipinski definition) is 1. The average molecular weight is 538 g/mol. The number of piperazine rings is 1. The number of amides is 1. The van der Waals surface area contributed by atoms with Gasteiger partial charge in [-0.1, -0.05) is 23.2 Å². The van der Waals surface area contributed by atoms with Crippen molar-refractivity contribution < 1.29 is 17.9 Å². The number of fused-ring (bicyclic) bond motifs is 1. The van der Waals surface area contributed by atoms with Crippen molar-refractivity contribution in [3.8, 4) is 11.3 Å². The molecule has 0 saturated carbocycles. The van der Waals surface area contributed by atoms with Crippen LogP contribution in [0.15, 0.2) is 36.5 Å². The number of rotatable bonds is 6. The second kappa shape index (κ2) is 9.59. The molecule has 3 aromatic rings. The minimum absolute atomic E-state index is 0.0141. The van der Waals surface area contributed by atoms with E-state index in [0.29, 0.717) is 73.0 Å². The van der Waals surface area contributed by atoms with E-state index in [1.54, 1.807) is 30.5 Å². The van der Waals surface area contributed by atoms with Crippen molar-refractivity contribution in [2.45, 2.75) is 6.54 Å². The summed E-state index contributed by atoms with van der Waals surface area (Å²) in [4.78, 5) is 21.5. The number of pyridine rings is 1. The summed E-state index contributed by atoms with van der Waals surface area (Å²) in [5.41, 5.74) is 3.41. The van der Waals surface area contributed by atoms with Crippen LogP contribution < -0.4 is 4.72 Å². The quantitative estimate of drug-likeness (QED) is 0.519. The zero-order valence-corrected chi connectivity index (χ0v) is 21.4. The Hall–Kier alpha value is -2.37. The van der Waals surface area contributed by atoms with Crippen molar-refractivity contribution in [2.75, 3.05) is 50.4 Å². The number of hydrogen-bond acceptors (Lipinski definition) is 6. The lowest BCUT2D eigenvalue weighted by molar-refractivity contribution is -0.151. The molecule has 12 heteroatoms. The largest absolute Gasteiger partial charge is 0.380 e. The first-order valence-corrected chi connectivity index (χ1v) is 13.9. The predicted molar refractivity (Wildman–Crippen MR) is 135 cm³/mol. The molecule has 2 saturated heterocycles. The maximum atomic E-state index is 12.6. The number of sulfonamides is 1. The molecule has 0 unspecified atom stereocenters. The zero-order chi connectivity index (χ0) is 24.7. The maximum absolute atomic E-state index is 12.6. The van der Waals surface area contributed by atoms with Gasteiger partial charge in [0.1, 0.15) is 5.65 Å². The number of aromatic nitrogens is 2. The van der Waals surface area contributed by atoms with Crippen molar-refractivity contribution in [1.82, 2.24) is 19.2 Å². The molecule has 4 heterocycles. The first-order valence-electron chi connectivity index (χ1n) is 11.2. The number of benzene rings is 1. The monoisotopic (exact) mass is 537 g/mol. The second-order valence-electron chi connectivity index (χ2n) is 8.89. The van der Waals surface area contributed by atoms with E-state index in [9.17, 15) is 13.2 Å². The highest BCUT2D eigenvalue weighted by Gasteiger charge is 2.32. The number of halogens is 2. The topological polar surface area (TPSA) is 96.3 Å². The Bertz CT molecular complexity index is 1380. The lowest BCUT2D eigenvalue weighted by Gasteiger charge is -2.38. The SMILES string of the molecule is CS(=O)(=O)Nc1ccc2nc(-c3ccc(Cl)cc3Cl)c(CN3CCN(C(=O)C4COC4)CC3)n2c1. The second-order valence-corrected chi connectivity index (χ2v) is 11.5. The highest BCUT2D eigenvalue weighted by Crippen LogP contribution is 2.34. The third kappa shape index (κ3) is 5.26. The predicted octanol–water partition coefficient (Wildman–Crippen LogP) is 2.97. The molecule has 2 aliphatic heterocycles. The molecule has 0 spiro atoms. The molecule has 5 rings (SSSR count). The van der Waals surface area contributed by atoms with Crippen molar-refractivity contribution in [3.63, 3.8) is 0 Å². The fourth-order valence-electron chi connectivity index (χ4n) is 4.39. The van der Waals surface area contributed by atoms with Gasteiger partial charge in [0.05, 0.1) is 47.5 Å². The van der Waals surface area contributed by atoms with Crippen LogP contribution in [0.2, 0.25) is 10.0 Å². The van der Waals surface area contributed by atoms with Gasteiger partial charge in [0.15, 0.2) is 0 Å². The molecule has 0 atom stereocenters. The summed E-state index contributed by atoms with van der Waals surface area (Å²) in [6, 6.07) is 8.72. The number of imidazole rings is 1. The van der Waals surface area contributed by atoms with E-state index < -0.39 is 10.0 Å². The molecular weight excluding hydrogens is 513 g/mol. The van der Waals surface area contributed by atoms with Gasteiger partial charge >= 0.3 is 0 Å². The molecule has 2 aromatic heterocycles. The van der Waals surface area contributed by atoms with Gasteiger partial charge in [0.25, 0.3) is 0 Å². The molecule has 2 fully saturated rings. The van der Waals surface area contributed by atoms with Crippen LogP contribution in [0.3, 0.4) is 0 Å². The molecule has 2 aliphatic rings. The minimum Gasteiger partial charge on any atom is -0.380 e. The van der Waals surface area contributed by atoms with Crippen LogP contribution in [0.25, 0.3) is 16.9 Å². The van der Waals surface area contributed by atoms with E-state index in [2.05, 4.69) is 9.62 Å². The van der Waals surface area contributed by atoms with Crippen LogP contribution in [-0.4, -0.2) is 79.2 Å². The fraction of sp³-hybridized carbons (Fsp3) is 0.391. The Morgan fingerprint density at radius 1 is 1.14 bits per heavy atom. The molecule has 0 radical (unpaired) electrons. The Kier molecular flexibility index (Phi) is 6.67. The zero-order valence-electron chi connectivity index (χ0n) is 19.1. The standard InChI is InChI=1S/C23H25Cl2N5O4S/c1-35(32,33)27-17-3-5-21-26-22(18-4-2-16(24)10-19(18)25)20(30(21)11-17)12-28-6-8-29(9-7-28)23(31)15-13-34-14-15/h2-5,10-11,15,27H,6-9,12-14H2,1H3. The van der Waals surface area contributed by atoms with Gasteiger partial charge in [-0.05, 0) is 30.3 Å². The molecule has 9 nitrogen and oxygen atoms in total. The molecule has 35 heavy (non-hydrogen) atoms. The summed E-state index contributed by atoms with van der Waals surface area (Å²) >= 11 is 12.6. The van der Waals surface area contributed by atoms with Crippen molar-refractivity contribution in [1.29, 1.82) is 0 Å². The van der Waals surface area contributed by atoms with Gasteiger partial charge in [-0.3, -0.25) is 18.8 Å². The lowest BCUT2D eigenvalue weighted by Crippen LogP contribution is -2.53. The van der Waals surface area contributed by atoms with Gasteiger partial charge in [0, 0.05) is 49.5 Å². The van der Waals surface area contributed by atoms with Crippen LogP contribution in [0, 0.1) is 5.92 Å². The summed E-state index contributed by atoms with van der Waals surface area (Å²) in [7, 11) is -3.44. The number of nitrogens with zero attached hydrogens (tertiary/aromatic N) is 4. The number of nitrogens with one attached hydrogen (secondary N) is 1. The van der Waals surface area contributed by atoms with E-state index in [4.69, 9.17) is 32.9 Å². The summed E-state index contributed by atoms with van der Waals surface area (Å²) in [5.74, 6) is 0.149. The lowest BCUT2D eigenvalue weighted by atomic mass is 10.1. The Labute approximate surface area is 213 Å². The molecular formula is C23H25Cl2N5O4S. The van der Waals surface area contributed by atoms with Crippen molar-refractivity contribution in [3.05, 3.63) is 52.3 Å². The van der Waals surface area contributed by atoms with Crippen LogP contribution >= 0.6 is 23.2 Å². The van der Waals surface area contributed by atoms with E-state index >= 15 is 0 Å². The van der Waals surface area contributed by atoms with Gasteiger partial charge in [-0.25, -0.2) is 13.4 Å². The number of carbonyl (C=O) groups is 1.